The Balaban J connectivity index is 1.06. The fourth-order valence-electron chi connectivity index (χ4n) is 14.2. The monoisotopic (exact) mass is 1070 g/mol. The number of phenols is 1. The van der Waals surface area contributed by atoms with Crippen LogP contribution in [0.5, 0.6) is 5.75 Å². The summed E-state index contributed by atoms with van der Waals surface area (Å²) in [6.45, 7) is 11.5. The van der Waals surface area contributed by atoms with Gasteiger partial charge in [-0.05, 0) is 73.3 Å². The molecule has 0 radical (unpaired) electrons. The molecule has 0 aromatic heterocycles. The van der Waals surface area contributed by atoms with Gasteiger partial charge >= 0.3 is 0 Å². The van der Waals surface area contributed by atoms with Crippen LogP contribution in [0.25, 0.3) is 0 Å². The number of para-hydroxylation sites is 2. The molecule has 8 amide bonds. The van der Waals surface area contributed by atoms with Crippen molar-refractivity contribution in [1.29, 1.82) is 0 Å². The quantitative estimate of drug-likeness (QED) is 0.180. The standard InChI is InChI=1S/C58H72N10O10/c1-7-31(5)45-50(73)59-38-28-57(35-15-9-11-17-39(35)66-52(75)43(67(51(38)74)56(57)66)27-33-21-23-34(69)24-22-33)68-40-18-12-10-16-36(40)58(78)29-37(60-55(58)68)47(70)63-46(32(6)8-2)54(77)65-26-14-19-41(65)48(71)61-44(30(3)4)53(76)64-25-13-20-42(64)49(72)62-45/h9-12,15-18,21-24,30-32,37-38,41-46,55-56,60,69,78H,7-8,13-14,19-20,25-29H2,1-6H3,(H,59,73)(H,61,71)(H,62,72)(H,63,70)/t31-,32-,37-,38-,41-,42-,43-,44-,45-,46-,55+,56-,57+,58+/m0/s1. The van der Waals surface area contributed by atoms with Gasteiger partial charge in [0.1, 0.15) is 71.5 Å². The van der Waals surface area contributed by atoms with Crippen molar-refractivity contribution in [3.8, 4) is 5.75 Å². The van der Waals surface area contributed by atoms with E-state index in [1.807, 2.05) is 69.0 Å². The van der Waals surface area contributed by atoms with Gasteiger partial charge in [-0.25, -0.2) is 0 Å². The zero-order valence-electron chi connectivity index (χ0n) is 45.1. The maximum Gasteiger partial charge on any atom is 0.252 e. The molecule has 0 unspecified atom stereocenters. The van der Waals surface area contributed by atoms with E-state index in [4.69, 9.17) is 0 Å². The number of rotatable bonds is 7. The topological polar surface area (TPSA) is 253 Å². The maximum absolute atomic E-state index is 15.7. The van der Waals surface area contributed by atoms with Crippen LogP contribution in [0.4, 0.5) is 11.4 Å². The smallest absolute Gasteiger partial charge is 0.252 e. The van der Waals surface area contributed by atoms with Gasteiger partial charge in [-0.1, -0.05) is 103 Å². The fourth-order valence-corrected chi connectivity index (χ4v) is 14.2. The van der Waals surface area contributed by atoms with Crippen molar-refractivity contribution in [1.82, 2.24) is 41.3 Å². The predicted molar refractivity (Wildman–Crippen MR) is 286 cm³/mol. The Morgan fingerprint density at radius 3 is 1.79 bits per heavy atom. The summed E-state index contributed by atoms with van der Waals surface area (Å²) < 4.78 is 0. The molecule has 414 valence electrons. The zero-order chi connectivity index (χ0) is 55.3. The summed E-state index contributed by atoms with van der Waals surface area (Å²) >= 11 is 0. The van der Waals surface area contributed by atoms with Gasteiger partial charge in [0.05, 0.1) is 11.7 Å². The summed E-state index contributed by atoms with van der Waals surface area (Å²) in [5.41, 5.74) is -0.289. The SMILES string of the molecule is CC[C@H](C)[C@@H]1NC(=O)[C@@H]2CCCN2C(=O)[C@H](C(C)C)NC(=O)[C@@H]2CCCN2C(=O)[C@H]([C@@H](C)CC)NC(=O)[C@@H]2C[C@@]3(O)c4ccccc4N([C@H]3N2)[C@]23C[C@H](NC1=O)C(=O)N1[C@@H](Cc4ccc(O)cc4)C(=O)N(c4ccccc42)[C@@H]13. The number of carbonyl (C=O) groups excluding carboxylic acids is 8. The number of aliphatic hydroxyl groups is 1. The van der Waals surface area contributed by atoms with Gasteiger partial charge in [-0.3, -0.25) is 48.6 Å². The minimum atomic E-state index is -1.76. The molecule has 8 aliphatic rings. The number of amides is 8. The first-order chi connectivity index (χ1) is 37.3. The lowest BCUT2D eigenvalue weighted by molar-refractivity contribution is -0.148. The minimum absolute atomic E-state index is 0.0259. The van der Waals surface area contributed by atoms with E-state index in [-0.39, 0.29) is 49.9 Å². The molecule has 4 bridgehead atoms. The van der Waals surface area contributed by atoms with E-state index in [1.165, 1.54) is 21.9 Å². The maximum atomic E-state index is 15.7. The summed E-state index contributed by atoms with van der Waals surface area (Å²) in [5, 5.41) is 39.3. The molecule has 1 spiro atoms. The number of fused-ring (bicyclic) bond motifs is 9. The number of hydrogen-bond donors (Lipinski definition) is 7. The molecule has 20 heteroatoms. The molecule has 6 fully saturated rings. The molecule has 7 N–H and O–H groups in total. The van der Waals surface area contributed by atoms with Crippen LogP contribution in [0, 0.1) is 17.8 Å². The van der Waals surface area contributed by atoms with Crippen LogP contribution < -0.4 is 36.4 Å². The van der Waals surface area contributed by atoms with E-state index >= 15 is 19.2 Å². The van der Waals surface area contributed by atoms with Crippen molar-refractivity contribution < 1.29 is 48.6 Å². The normalized spacial score (nSPS) is 33.7. The van der Waals surface area contributed by atoms with Crippen molar-refractivity contribution >= 4 is 58.6 Å². The van der Waals surface area contributed by atoms with Crippen LogP contribution in [0.2, 0.25) is 0 Å². The first kappa shape index (κ1) is 53.0. The molecule has 3 aromatic carbocycles. The van der Waals surface area contributed by atoms with Crippen LogP contribution in [0.3, 0.4) is 0 Å². The molecule has 8 heterocycles. The van der Waals surface area contributed by atoms with E-state index < -0.39 is 125 Å². The highest BCUT2D eigenvalue weighted by atomic mass is 16.3. The largest absolute Gasteiger partial charge is 0.508 e. The van der Waals surface area contributed by atoms with Crippen molar-refractivity contribution in [2.24, 2.45) is 17.8 Å². The van der Waals surface area contributed by atoms with Crippen molar-refractivity contribution in [3.05, 3.63) is 89.5 Å². The van der Waals surface area contributed by atoms with Gasteiger partial charge in [-0.15, -0.1) is 0 Å². The number of nitrogens with zero attached hydrogens (tertiary/aromatic N) is 5. The summed E-state index contributed by atoms with van der Waals surface area (Å²) in [6, 6.07) is 12.3. The average Bonchev–Trinajstić information content (AvgIpc) is 2.26. The lowest BCUT2D eigenvalue weighted by atomic mass is 9.76. The minimum Gasteiger partial charge on any atom is -0.508 e. The molecule has 14 atom stereocenters. The lowest BCUT2D eigenvalue weighted by Gasteiger charge is -2.54. The number of piperidine rings is 1. The predicted octanol–water partition coefficient (Wildman–Crippen LogP) is 2.20. The van der Waals surface area contributed by atoms with Crippen molar-refractivity contribution in [2.75, 3.05) is 22.9 Å². The Bertz CT molecular complexity index is 2960. The van der Waals surface area contributed by atoms with Crippen LogP contribution in [-0.2, 0) is 55.9 Å². The molecule has 20 nitrogen and oxygen atoms in total. The van der Waals surface area contributed by atoms with Gasteiger partial charge in [-0.2, -0.15) is 0 Å². The number of carbonyl (C=O) groups is 8. The highest BCUT2D eigenvalue weighted by molar-refractivity contribution is 6.09. The number of benzene rings is 3. The third-order valence-electron chi connectivity index (χ3n) is 18.6. The highest BCUT2D eigenvalue weighted by Crippen LogP contribution is 2.63. The molecule has 11 rings (SSSR count). The number of nitrogens with one attached hydrogen (secondary N) is 5. The van der Waals surface area contributed by atoms with E-state index in [9.17, 15) is 29.4 Å². The molecular formula is C58H72N10O10. The van der Waals surface area contributed by atoms with Crippen LogP contribution >= 0.6 is 0 Å². The van der Waals surface area contributed by atoms with Crippen molar-refractivity contribution in [2.45, 2.75) is 171 Å². The summed E-state index contributed by atoms with van der Waals surface area (Å²) in [7, 11) is 0. The van der Waals surface area contributed by atoms with Crippen LogP contribution in [-0.4, -0.2) is 146 Å². The number of hydrogen-bond acceptors (Lipinski definition) is 12. The summed E-state index contributed by atoms with van der Waals surface area (Å²) in [5.74, 6) is -5.34. The van der Waals surface area contributed by atoms with Gasteiger partial charge in [0, 0.05) is 49.2 Å². The Kier molecular flexibility index (Phi) is 13.6. The number of aromatic hydroxyl groups is 1. The Hall–Kier alpha value is -7.06. The van der Waals surface area contributed by atoms with E-state index in [0.717, 1.165) is 0 Å². The van der Waals surface area contributed by atoms with Gasteiger partial charge < -0.3 is 51.1 Å². The summed E-state index contributed by atoms with van der Waals surface area (Å²) in [6.07, 6.45) is 0.236. The lowest BCUT2D eigenvalue weighted by Crippen LogP contribution is -2.73. The third kappa shape index (κ3) is 8.20. The Labute approximate surface area is 454 Å². The molecule has 8 aliphatic heterocycles. The molecule has 78 heavy (non-hydrogen) atoms. The Morgan fingerprint density at radius 2 is 1.17 bits per heavy atom. The van der Waals surface area contributed by atoms with Gasteiger partial charge in [0.15, 0.2) is 0 Å². The van der Waals surface area contributed by atoms with E-state index in [1.54, 1.807) is 47.9 Å². The molecular weight excluding hydrogens is 997 g/mol. The van der Waals surface area contributed by atoms with Crippen molar-refractivity contribution in [3.63, 3.8) is 0 Å². The average molecular weight is 1070 g/mol. The first-order valence-corrected chi connectivity index (χ1v) is 28.1. The second-order valence-electron chi connectivity index (χ2n) is 23.4. The van der Waals surface area contributed by atoms with Gasteiger partial charge in [0.2, 0.25) is 41.4 Å². The summed E-state index contributed by atoms with van der Waals surface area (Å²) in [4.78, 5) is 128. The van der Waals surface area contributed by atoms with E-state index in [0.29, 0.717) is 66.6 Å². The third-order valence-corrected chi connectivity index (χ3v) is 18.6. The first-order valence-electron chi connectivity index (χ1n) is 28.1. The second-order valence-corrected chi connectivity index (χ2v) is 23.4. The number of anilines is 2. The van der Waals surface area contributed by atoms with Crippen LogP contribution in [0.15, 0.2) is 72.8 Å². The molecule has 6 saturated heterocycles. The number of phenolic OH excluding ortho intramolecular Hbond substituents is 1. The Morgan fingerprint density at radius 1 is 0.603 bits per heavy atom. The van der Waals surface area contributed by atoms with E-state index in [2.05, 4.69) is 26.6 Å². The van der Waals surface area contributed by atoms with Crippen LogP contribution in [0.1, 0.15) is 110 Å². The molecule has 0 saturated carbocycles. The second kappa shape index (κ2) is 20.0. The highest BCUT2D eigenvalue weighted by Gasteiger charge is 2.73. The molecule has 3 aromatic rings. The zero-order valence-corrected chi connectivity index (χ0v) is 45.1. The van der Waals surface area contributed by atoms with Gasteiger partial charge in [0.25, 0.3) is 5.91 Å². The molecule has 0 aliphatic carbocycles. The fraction of sp³-hybridized carbons (Fsp3) is 0.552.